The largest absolute Gasteiger partial charge is 0.390 e. The topological polar surface area (TPSA) is 49.7 Å². The number of aliphatic hydroxyl groups is 1. The Hall–Kier alpha value is 0.760. The van der Waals surface area contributed by atoms with Crippen LogP contribution in [0.25, 0.3) is 0 Å². The van der Waals surface area contributed by atoms with Gasteiger partial charge in [0.15, 0.2) is 0 Å². The third kappa shape index (κ3) is 7.13. The maximum absolute atomic E-state index is 8.43. The molecule has 0 aromatic carbocycles. The lowest BCUT2D eigenvalue weighted by Crippen LogP contribution is -2.01. The van der Waals surface area contributed by atoms with Crippen molar-refractivity contribution in [2.45, 2.75) is 0 Å². The molecule has 0 aliphatic carbocycles. The predicted octanol–water partition coefficient (Wildman–Crippen LogP) is 1.50. The van der Waals surface area contributed by atoms with Crippen molar-refractivity contribution >= 4 is 56.9 Å². The van der Waals surface area contributed by atoms with Crippen LogP contribution >= 0.6 is 48.5 Å². The highest BCUT2D eigenvalue weighted by Crippen LogP contribution is 2.08. The minimum absolute atomic E-state index is 0.140. The summed E-state index contributed by atoms with van der Waals surface area (Å²) in [4.78, 5) is 0. The lowest BCUT2D eigenvalue weighted by atomic mass is 10.9. The fraction of sp³-hybridized carbons (Fsp3) is 0.500. The molecule has 0 radical (unpaired) electrons. The molecule has 0 spiro atoms. The van der Waals surface area contributed by atoms with E-state index in [0.717, 1.165) is 12.0 Å². The van der Waals surface area contributed by atoms with Gasteiger partial charge < -0.3 is 13.8 Å². The van der Waals surface area contributed by atoms with Crippen LogP contribution in [0.15, 0.2) is 0 Å². The van der Waals surface area contributed by atoms with E-state index in [1.165, 1.54) is 0 Å². The summed E-state index contributed by atoms with van der Waals surface area (Å²) in [5.74, 6) is 0. The van der Waals surface area contributed by atoms with Gasteiger partial charge in [0.1, 0.15) is 15.0 Å². The van der Waals surface area contributed by atoms with Crippen LogP contribution in [0.4, 0.5) is 0 Å². The second kappa shape index (κ2) is 7.41. The zero-order chi connectivity index (χ0) is 8.69. The fourth-order valence-corrected chi connectivity index (χ4v) is 1.02. The second-order valence-corrected chi connectivity index (χ2v) is 4.41. The predicted molar refractivity (Wildman–Crippen MR) is 56.0 cm³/mol. The SMILES string of the molecule is OCC(=S)SOCC(=S)SO. The molecular formula is C4H6O3S4. The zero-order valence-corrected chi connectivity index (χ0v) is 8.62. The molecule has 0 atom stereocenters. The van der Waals surface area contributed by atoms with Crippen LogP contribution in [0, 0.1) is 0 Å². The van der Waals surface area contributed by atoms with Crippen LogP contribution in [-0.2, 0) is 4.18 Å². The first-order valence-electron chi connectivity index (χ1n) is 2.48. The van der Waals surface area contributed by atoms with Crippen LogP contribution in [0.1, 0.15) is 0 Å². The van der Waals surface area contributed by atoms with Crippen LogP contribution in [0.3, 0.4) is 0 Å². The quantitative estimate of drug-likeness (QED) is 0.560. The van der Waals surface area contributed by atoms with Crippen LogP contribution in [0.5, 0.6) is 0 Å². The van der Waals surface area contributed by atoms with Crippen molar-refractivity contribution < 1.29 is 13.8 Å². The molecule has 11 heavy (non-hydrogen) atoms. The summed E-state index contributed by atoms with van der Waals surface area (Å²) in [5, 5.41) is 8.43. The van der Waals surface area contributed by atoms with Crippen molar-refractivity contribution in [1.82, 2.24) is 0 Å². The monoisotopic (exact) mass is 230 g/mol. The third-order valence-electron chi connectivity index (χ3n) is 0.560. The summed E-state index contributed by atoms with van der Waals surface area (Å²) in [6.45, 7) is -0.0552. The summed E-state index contributed by atoms with van der Waals surface area (Å²) < 4.78 is 13.9. The Kier molecular flexibility index (Phi) is 7.92. The van der Waals surface area contributed by atoms with E-state index in [4.69, 9.17) is 13.8 Å². The van der Waals surface area contributed by atoms with Crippen molar-refractivity contribution in [2.24, 2.45) is 0 Å². The molecule has 3 nitrogen and oxygen atoms in total. The van der Waals surface area contributed by atoms with Gasteiger partial charge in [-0.05, 0) is 0 Å². The molecular weight excluding hydrogens is 224 g/mol. The molecule has 0 fully saturated rings. The van der Waals surface area contributed by atoms with Gasteiger partial charge in [0, 0.05) is 24.1 Å². The third-order valence-corrected chi connectivity index (χ3v) is 2.11. The summed E-state index contributed by atoms with van der Waals surface area (Å²) in [6.07, 6.45) is 0. The van der Waals surface area contributed by atoms with Gasteiger partial charge in [-0.2, -0.15) is 0 Å². The van der Waals surface area contributed by atoms with Crippen LogP contribution in [0.2, 0.25) is 0 Å². The first-order valence-corrected chi connectivity index (χ1v) is 4.81. The summed E-state index contributed by atoms with van der Waals surface area (Å²) in [7, 11) is 0. The zero-order valence-electron chi connectivity index (χ0n) is 5.35. The van der Waals surface area contributed by atoms with E-state index in [1.807, 2.05) is 0 Å². The molecule has 0 rings (SSSR count). The molecule has 0 aromatic rings. The van der Waals surface area contributed by atoms with Crippen molar-refractivity contribution in [3.05, 3.63) is 0 Å². The highest BCUT2D eigenvalue weighted by Gasteiger charge is 1.99. The van der Waals surface area contributed by atoms with Gasteiger partial charge in [-0.25, -0.2) is 0 Å². The van der Waals surface area contributed by atoms with E-state index in [1.54, 1.807) is 0 Å². The first-order chi connectivity index (χ1) is 5.20. The van der Waals surface area contributed by atoms with E-state index >= 15 is 0 Å². The Morgan fingerprint density at radius 2 is 2.00 bits per heavy atom. The molecule has 2 N–H and O–H groups in total. The second-order valence-electron chi connectivity index (χ2n) is 1.34. The number of hydrogen-bond donors (Lipinski definition) is 2. The molecule has 64 valence electrons. The molecule has 0 bridgehead atoms. The van der Waals surface area contributed by atoms with Gasteiger partial charge in [-0.3, -0.25) is 0 Å². The average molecular weight is 230 g/mol. The van der Waals surface area contributed by atoms with Gasteiger partial charge in [0.2, 0.25) is 0 Å². The number of rotatable bonds is 4. The molecule has 0 unspecified atom stereocenters. The van der Waals surface area contributed by atoms with Gasteiger partial charge in [0.05, 0.1) is 6.61 Å². The van der Waals surface area contributed by atoms with E-state index in [2.05, 4.69) is 24.4 Å². The Bertz CT molecular complexity index is 132. The molecule has 0 aromatic heterocycles. The lowest BCUT2D eigenvalue weighted by molar-refractivity contribution is 0.361. The fourth-order valence-electron chi connectivity index (χ4n) is 0.196. The van der Waals surface area contributed by atoms with Gasteiger partial charge in [0.25, 0.3) is 0 Å². The molecule has 0 amide bonds. The lowest BCUT2D eigenvalue weighted by Gasteiger charge is -1.99. The van der Waals surface area contributed by atoms with Gasteiger partial charge in [-0.15, -0.1) is 0 Å². The van der Waals surface area contributed by atoms with Gasteiger partial charge in [-0.1, -0.05) is 24.4 Å². The van der Waals surface area contributed by atoms with E-state index in [-0.39, 0.29) is 13.2 Å². The van der Waals surface area contributed by atoms with Crippen molar-refractivity contribution in [3.8, 4) is 0 Å². The minimum atomic E-state index is -0.195. The average Bonchev–Trinajstić information content (AvgIpc) is 2.04. The Morgan fingerprint density at radius 1 is 1.36 bits per heavy atom. The number of aliphatic hydroxyl groups excluding tert-OH is 1. The molecule has 0 saturated heterocycles. The van der Waals surface area contributed by atoms with Gasteiger partial charge >= 0.3 is 0 Å². The minimum Gasteiger partial charge on any atom is -0.390 e. The van der Waals surface area contributed by atoms with Crippen LogP contribution < -0.4 is 0 Å². The van der Waals surface area contributed by atoms with E-state index < -0.39 is 0 Å². The Labute approximate surface area is 83.9 Å². The Morgan fingerprint density at radius 3 is 2.45 bits per heavy atom. The number of hydrogen-bond acceptors (Lipinski definition) is 7. The first kappa shape index (κ1) is 11.8. The molecule has 0 saturated carbocycles. The van der Waals surface area contributed by atoms with Crippen molar-refractivity contribution in [2.75, 3.05) is 13.2 Å². The van der Waals surface area contributed by atoms with E-state index in [0.29, 0.717) is 20.4 Å². The smallest absolute Gasteiger partial charge is 0.105 e. The highest BCUT2D eigenvalue weighted by atomic mass is 32.2. The summed E-state index contributed by atoms with van der Waals surface area (Å²) in [6, 6.07) is 0. The standard InChI is InChI=1S/C4H6O3S4/c5-1-3(8)11-7-2-4(9)10-6/h5-6H,1-2H2. The molecule has 0 aliphatic heterocycles. The highest BCUT2D eigenvalue weighted by molar-refractivity contribution is 8.21. The summed E-state index contributed by atoms with van der Waals surface area (Å²) >= 11 is 10.6. The molecule has 0 heterocycles. The number of thiocarbonyl (C=S) groups is 2. The summed E-state index contributed by atoms with van der Waals surface area (Å²) in [5.41, 5.74) is 0. The van der Waals surface area contributed by atoms with Crippen molar-refractivity contribution in [1.29, 1.82) is 0 Å². The maximum Gasteiger partial charge on any atom is 0.105 e. The van der Waals surface area contributed by atoms with Crippen LogP contribution in [-0.4, -0.2) is 31.3 Å². The Balaban J connectivity index is 3.27. The molecule has 0 aliphatic rings. The van der Waals surface area contributed by atoms with Crippen molar-refractivity contribution in [3.63, 3.8) is 0 Å². The maximum atomic E-state index is 8.43. The molecule has 7 heteroatoms. The normalized spacial score (nSPS) is 9.64. The van der Waals surface area contributed by atoms with E-state index in [9.17, 15) is 0 Å².